The van der Waals surface area contributed by atoms with E-state index in [4.69, 9.17) is 0 Å². The van der Waals surface area contributed by atoms with Gasteiger partial charge in [0, 0.05) is 17.6 Å². The van der Waals surface area contributed by atoms with Crippen LogP contribution in [0.2, 0.25) is 0 Å². The van der Waals surface area contributed by atoms with Gasteiger partial charge in [-0.05, 0) is 85.4 Å². The lowest BCUT2D eigenvalue weighted by Crippen LogP contribution is -2.54. The van der Waals surface area contributed by atoms with Crippen LogP contribution in [0.25, 0.3) is 0 Å². The highest BCUT2D eigenvalue weighted by molar-refractivity contribution is 5.81. The van der Waals surface area contributed by atoms with Gasteiger partial charge in [0.15, 0.2) is 0 Å². The van der Waals surface area contributed by atoms with E-state index in [1.54, 1.807) is 0 Å². The van der Waals surface area contributed by atoms with Crippen molar-refractivity contribution < 1.29 is 4.79 Å². The van der Waals surface area contributed by atoms with Crippen LogP contribution in [-0.4, -0.2) is 60.5 Å². The van der Waals surface area contributed by atoms with E-state index in [0.717, 1.165) is 32.2 Å². The largest absolute Gasteiger partial charge is 0.354 e. The van der Waals surface area contributed by atoms with Crippen molar-refractivity contribution in [3.8, 4) is 0 Å². The Hall–Kier alpha value is -0.610. The molecule has 0 aromatic rings. The van der Waals surface area contributed by atoms with Crippen LogP contribution in [0.5, 0.6) is 0 Å². The summed E-state index contributed by atoms with van der Waals surface area (Å²) in [5, 5.41) is 3.28. The zero-order valence-electron chi connectivity index (χ0n) is 19.4. The lowest BCUT2D eigenvalue weighted by atomic mass is 9.78. The van der Waals surface area contributed by atoms with Crippen molar-refractivity contribution in [2.24, 2.45) is 10.8 Å². The Kier molecular flexibility index (Phi) is 7.02. The molecule has 0 aromatic heterocycles. The van der Waals surface area contributed by atoms with Gasteiger partial charge < -0.3 is 10.2 Å². The van der Waals surface area contributed by atoms with Gasteiger partial charge in [0.25, 0.3) is 0 Å². The molecule has 4 nitrogen and oxygen atoms in total. The van der Waals surface area contributed by atoms with Gasteiger partial charge >= 0.3 is 0 Å². The van der Waals surface area contributed by atoms with Crippen molar-refractivity contribution in [3.05, 3.63) is 0 Å². The average Bonchev–Trinajstić information content (AvgIpc) is 2.49. The molecule has 1 atom stereocenters. The van der Waals surface area contributed by atoms with Gasteiger partial charge in [0.1, 0.15) is 0 Å². The number of likely N-dealkylation sites (N-methyl/N-ethyl adjacent to an activating group) is 1. The monoisotopic (exact) mass is 367 g/mol. The van der Waals surface area contributed by atoms with Gasteiger partial charge in [-0.15, -0.1) is 0 Å². The first kappa shape index (κ1) is 23.4. The molecule has 0 aromatic carbocycles. The molecule has 1 aliphatic heterocycles. The molecule has 0 saturated carbocycles. The summed E-state index contributed by atoms with van der Waals surface area (Å²) >= 11 is 0. The molecule has 154 valence electrons. The van der Waals surface area contributed by atoms with E-state index >= 15 is 0 Å². The Morgan fingerprint density at radius 2 is 1.69 bits per heavy atom. The van der Waals surface area contributed by atoms with E-state index in [-0.39, 0.29) is 33.9 Å². The van der Waals surface area contributed by atoms with Crippen LogP contribution in [0.4, 0.5) is 0 Å². The third kappa shape index (κ3) is 6.23. The second kappa shape index (κ2) is 7.79. The van der Waals surface area contributed by atoms with Gasteiger partial charge in [-0.25, -0.2) is 0 Å². The number of carbonyl (C=O) groups is 1. The predicted octanol–water partition coefficient (Wildman–Crippen LogP) is 4.15. The quantitative estimate of drug-likeness (QED) is 0.766. The summed E-state index contributed by atoms with van der Waals surface area (Å²) in [7, 11) is 6.36. The molecular weight excluding hydrogens is 322 g/mol. The number of nitrogens with zero attached hydrogens (tertiary/aromatic N) is 2. The standard InChI is InChI=1S/C22H45N3O/c1-19(2)13-12-17(25(11)22(7,8)14-19)18(26)23-16-20(3,4)15-21(5,6)24(9)10/h17H,12-16H2,1-11H3,(H,23,26). The first-order valence-electron chi connectivity index (χ1n) is 10.2. The van der Waals surface area contributed by atoms with Gasteiger partial charge in [0.2, 0.25) is 5.91 Å². The second-order valence-electron chi connectivity index (χ2n) is 11.6. The van der Waals surface area contributed by atoms with Crippen LogP contribution in [-0.2, 0) is 4.79 Å². The summed E-state index contributed by atoms with van der Waals surface area (Å²) in [6.07, 6.45) is 4.17. The van der Waals surface area contributed by atoms with Crippen LogP contribution in [0, 0.1) is 10.8 Å². The van der Waals surface area contributed by atoms with Crippen molar-refractivity contribution in [2.45, 2.75) is 98.2 Å². The molecule has 1 N–H and O–H groups in total. The third-order valence-corrected chi connectivity index (χ3v) is 6.59. The predicted molar refractivity (Wildman–Crippen MR) is 112 cm³/mol. The van der Waals surface area contributed by atoms with Gasteiger partial charge in [0.05, 0.1) is 6.04 Å². The Morgan fingerprint density at radius 3 is 2.19 bits per heavy atom. The highest BCUT2D eigenvalue weighted by atomic mass is 16.2. The molecule has 0 radical (unpaired) electrons. The molecular formula is C22H45N3O. The normalized spacial score (nSPS) is 24.4. The minimum absolute atomic E-state index is 0.0322. The Morgan fingerprint density at radius 1 is 1.15 bits per heavy atom. The molecule has 0 aliphatic carbocycles. The molecule has 1 amide bonds. The summed E-state index contributed by atoms with van der Waals surface area (Å²) in [5.74, 6) is 0.189. The number of hydrogen-bond acceptors (Lipinski definition) is 3. The molecule has 0 bridgehead atoms. The van der Waals surface area contributed by atoms with Crippen molar-refractivity contribution in [3.63, 3.8) is 0 Å². The van der Waals surface area contributed by atoms with Gasteiger partial charge in [-0.2, -0.15) is 0 Å². The first-order chi connectivity index (χ1) is 11.5. The van der Waals surface area contributed by atoms with E-state index in [2.05, 4.69) is 91.6 Å². The van der Waals surface area contributed by atoms with Crippen LogP contribution in [0.1, 0.15) is 81.1 Å². The van der Waals surface area contributed by atoms with E-state index in [1.165, 1.54) is 0 Å². The molecule has 1 rings (SSSR count). The lowest BCUT2D eigenvalue weighted by Gasteiger charge is -2.41. The van der Waals surface area contributed by atoms with Crippen molar-refractivity contribution in [1.82, 2.24) is 15.1 Å². The Bertz CT molecular complexity index is 492. The number of likely N-dealkylation sites (tertiary alicyclic amines) is 1. The van der Waals surface area contributed by atoms with Crippen molar-refractivity contribution in [1.29, 1.82) is 0 Å². The van der Waals surface area contributed by atoms with Crippen LogP contribution in [0.3, 0.4) is 0 Å². The zero-order chi connectivity index (χ0) is 20.6. The molecule has 1 unspecified atom stereocenters. The lowest BCUT2D eigenvalue weighted by molar-refractivity contribution is -0.128. The summed E-state index contributed by atoms with van der Waals surface area (Å²) in [6, 6.07) is -0.0376. The maximum absolute atomic E-state index is 13.0. The van der Waals surface area contributed by atoms with E-state index in [0.29, 0.717) is 0 Å². The smallest absolute Gasteiger partial charge is 0.237 e. The summed E-state index contributed by atoms with van der Waals surface area (Å²) in [6.45, 7) is 18.9. The number of rotatable bonds is 6. The first-order valence-corrected chi connectivity index (χ1v) is 10.2. The molecule has 0 spiro atoms. The molecule has 1 aliphatic rings. The molecule has 4 heteroatoms. The maximum atomic E-state index is 13.0. The minimum Gasteiger partial charge on any atom is -0.354 e. The number of amides is 1. The fraction of sp³-hybridized carbons (Fsp3) is 0.955. The van der Waals surface area contributed by atoms with E-state index in [9.17, 15) is 4.79 Å². The van der Waals surface area contributed by atoms with Gasteiger partial charge in [-0.1, -0.05) is 27.7 Å². The van der Waals surface area contributed by atoms with Gasteiger partial charge in [-0.3, -0.25) is 9.69 Å². The molecule has 1 heterocycles. The van der Waals surface area contributed by atoms with Crippen molar-refractivity contribution in [2.75, 3.05) is 27.7 Å². The van der Waals surface area contributed by atoms with E-state index < -0.39 is 0 Å². The maximum Gasteiger partial charge on any atom is 0.237 e. The fourth-order valence-electron chi connectivity index (χ4n) is 4.67. The van der Waals surface area contributed by atoms with E-state index in [1.807, 2.05) is 0 Å². The summed E-state index contributed by atoms with van der Waals surface area (Å²) in [5.41, 5.74) is 0.479. The minimum atomic E-state index is -0.0376. The molecule has 26 heavy (non-hydrogen) atoms. The number of carbonyl (C=O) groups excluding carboxylic acids is 1. The number of hydrogen-bond donors (Lipinski definition) is 1. The average molecular weight is 368 g/mol. The zero-order valence-corrected chi connectivity index (χ0v) is 19.4. The van der Waals surface area contributed by atoms with Crippen molar-refractivity contribution >= 4 is 5.91 Å². The fourth-order valence-corrected chi connectivity index (χ4v) is 4.67. The number of nitrogens with one attached hydrogen (secondary N) is 1. The highest BCUT2D eigenvalue weighted by Gasteiger charge is 2.41. The SMILES string of the molecule is CN(C)C(C)(C)CC(C)(C)CNC(=O)C1CCC(C)(C)CC(C)(C)N1C. The summed E-state index contributed by atoms with van der Waals surface area (Å²) < 4.78 is 0. The van der Waals surface area contributed by atoms with Crippen LogP contribution < -0.4 is 5.32 Å². The third-order valence-electron chi connectivity index (χ3n) is 6.59. The highest BCUT2D eigenvalue weighted by Crippen LogP contribution is 2.40. The molecule has 1 saturated heterocycles. The summed E-state index contributed by atoms with van der Waals surface area (Å²) in [4.78, 5) is 17.6. The van der Waals surface area contributed by atoms with Crippen LogP contribution >= 0.6 is 0 Å². The Balaban J connectivity index is 2.77. The Labute approximate surface area is 163 Å². The molecule has 1 fully saturated rings. The topological polar surface area (TPSA) is 35.6 Å². The van der Waals surface area contributed by atoms with Crippen LogP contribution in [0.15, 0.2) is 0 Å². The second-order valence-corrected chi connectivity index (χ2v) is 11.6.